The molecular weight excluding hydrogens is 375 g/mol. The van der Waals surface area contributed by atoms with Gasteiger partial charge in [0.05, 0.1) is 10.8 Å². The number of sulfonamides is 1. The Morgan fingerprint density at radius 3 is 2.48 bits per heavy atom. The Balaban J connectivity index is 2.09. The summed E-state index contributed by atoms with van der Waals surface area (Å²) in [6.07, 6.45) is 1.26. The van der Waals surface area contributed by atoms with Gasteiger partial charge in [-0.3, -0.25) is 4.79 Å². The maximum Gasteiger partial charge on any atom is 0.326 e. The molecule has 7 nitrogen and oxygen atoms in total. The predicted octanol–water partition coefficient (Wildman–Crippen LogP) is 1.84. The molecule has 1 fully saturated rings. The van der Waals surface area contributed by atoms with Crippen LogP contribution in [0.4, 0.5) is 4.39 Å². The van der Waals surface area contributed by atoms with Crippen LogP contribution in [-0.2, 0) is 19.6 Å². The summed E-state index contributed by atoms with van der Waals surface area (Å²) in [5.41, 5.74) is 0. The molecule has 0 aromatic heterocycles. The average molecular weight is 400 g/mol. The van der Waals surface area contributed by atoms with E-state index in [0.29, 0.717) is 19.3 Å². The van der Waals surface area contributed by atoms with E-state index in [1.165, 1.54) is 16.4 Å². The van der Waals surface area contributed by atoms with Crippen molar-refractivity contribution in [3.05, 3.63) is 30.1 Å². The van der Waals surface area contributed by atoms with Gasteiger partial charge in [-0.15, -0.1) is 0 Å². The SMILES string of the molecule is CC(C)C[C@@H](NC(=O)C1CCCN(S(=O)(=O)c2ccc(F)cc2)C1)C(=O)O. The first-order chi connectivity index (χ1) is 12.6. The van der Waals surface area contributed by atoms with Gasteiger partial charge in [-0.25, -0.2) is 17.6 Å². The molecule has 1 amide bonds. The molecule has 1 saturated heterocycles. The molecule has 27 heavy (non-hydrogen) atoms. The van der Waals surface area contributed by atoms with Crippen LogP contribution in [0.15, 0.2) is 29.2 Å². The molecule has 1 aliphatic rings. The fourth-order valence-corrected chi connectivity index (χ4v) is 4.64. The molecule has 1 unspecified atom stereocenters. The highest BCUT2D eigenvalue weighted by Crippen LogP contribution is 2.24. The largest absolute Gasteiger partial charge is 0.480 e. The molecule has 0 saturated carbocycles. The van der Waals surface area contributed by atoms with Gasteiger partial charge in [-0.2, -0.15) is 4.31 Å². The highest BCUT2D eigenvalue weighted by Gasteiger charge is 2.34. The van der Waals surface area contributed by atoms with E-state index in [2.05, 4.69) is 5.32 Å². The first-order valence-electron chi connectivity index (χ1n) is 8.90. The van der Waals surface area contributed by atoms with Gasteiger partial charge in [0.2, 0.25) is 15.9 Å². The van der Waals surface area contributed by atoms with E-state index in [1.54, 1.807) is 0 Å². The second-order valence-corrected chi connectivity index (χ2v) is 9.12. The maximum absolute atomic E-state index is 13.1. The van der Waals surface area contributed by atoms with Crippen LogP contribution in [0.2, 0.25) is 0 Å². The number of hydrogen-bond donors (Lipinski definition) is 2. The molecule has 0 bridgehead atoms. The average Bonchev–Trinajstić information content (AvgIpc) is 2.61. The third-order valence-electron chi connectivity index (χ3n) is 4.53. The van der Waals surface area contributed by atoms with E-state index in [1.807, 2.05) is 13.8 Å². The predicted molar refractivity (Wildman–Crippen MR) is 96.9 cm³/mol. The van der Waals surface area contributed by atoms with Gasteiger partial charge >= 0.3 is 5.97 Å². The molecule has 1 aliphatic heterocycles. The minimum absolute atomic E-state index is 0.0282. The second kappa shape index (κ2) is 8.79. The number of carbonyl (C=O) groups is 2. The van der Waals surface area contributed by atoms with Gasteiger partial charge in [0.25, 0.3) is 0 Å². The van der Waals surface area contributed by atoms with Crippen LogP contribution in [0.25, 0.3) is 0 Å². The van der Waals surface area contributed by atoms with Crippen molar-refractivity contribution < 1.29 is 27.5 Å². The lowest BCUT2D eigenvalue weighted by molar-refractivity contribution is -0.143. The number of carbonyl (C=O) groups excluding carboxylic acids is 1. The summed E-state index contributed by atoms with van der Waals surface area (Å²) in [6, 6.07) is 3.53. The number of carboxylic acid groups (broad SMARTS) is 1. The van der Waals surface area contributed by atoms with Crippen LogP contribution >= 0.6 is 0 Å². The zero-order valence-electron chi connectivity index (χ0n) is 15.4. The van der Waals surface area contributed by atoms with Crippen molar-refractivity contribution in [3.63, 3.8) is 0 Å². The van der Waals surface area contributed by atoms with Gasteiger partial charge in [0.1, 0.15) is 11.9 Å². The van der Waals surface area contributed by atoms with Gasteiger partial charge in [-0.1, -0.05) is 13.8 Å². The van der Waals surface area contributed by atoms with Crippen LogP contribution in [0, 0.1) is 17.7 Å². The topological polar surface area (TPSA) is 104 Å². The number of hydrogen-bond acceptors (Lipinski definition) is 4. The standard InChI is InChI=1S/C18H25FN2O5S/c1-12(2)10-16(18(23)24)20-17(22)13-4-3-9-21(11-13)27(25,26)15-7-5-14(19)6-8-15/h5-8,12-13,16H,3-4,9-11H2,1-2H3,(H,20,22)(H,23,24)/t13?,16-/m1/s1. The summed E-state index contributed by atoms with van der Waals surface area (Å²) in [6.45, 7) is 3.96. The highest BCUT2D eigenvalue weighted by molar-refractivity contribution is 7.89. The molecule has 2 N–H and O–H groups in total. The van der Waals surface area contributed by atoms with Gasteiger partial charge < -0.3 is 10.4 Å². The van der Waals surface area contributed by atoms with E-state index >= 15 is 0 Å². The smallest absolute Gasteiger partial charge is 0.326 e. The number of amides is 1. The van der Waals surface area contributed by atoms with Crippen LogP contribution < -0.4 is 5.32 Å². The van der Waals surface area contributed by atoms with Crippen molar-refractivity contribution in [2.24, 2.45) is 11.8 Å². The molecular formula is C18H25FN2O5S. The third kappa shape index (κ3) is 5.49. The number of nitrogens with one attached hydrogen (secondary N) is 1. The van der Waals surface area contributed by atoms with E-state index < -0.39 is 39.7 Å². The molecule has 1 heterocycles. The Hall–Kier alpha value is -2.00. The molecule has 1 aromatic carbocycles. The monoisotopic (exact) mass is 400 g/mol. The summed E-state index contributed by atoms with van der Waals surface area (Å²) in [5.74, 6) is -2.63. The van der Waals surface area contributed by atoms with Crippen LogP contribution in [0.1, 0.15) is 33.1 Å². The first-order valence-corrected chi connectivity index (χ1v) is 10.3. The summed E-state index contributed by atoms with van der Waals surface area (Å²) < 4.78 is 39.7. The van der Waals surface area contributed by atoms with Crippen molar-refractivity contribution in [2.45, 2.75) is 44.0 Å². The number of benzene rings is 1. The van der Waals surface area contributed by atoms with Crippen molar-refractivity contribution in [2.75, 3.05) is 13.1 Å². The quantitative estimate of drug-likeness (QED) is 0.727. The van der Waals surface area contributed by atoms with Crippen molar-refractivity contribution in [3.8, 4) is 0 Å². The van der Waals surface area contributed by atoms with E-state index in [9.17, 15) is 27.5 Å². The fraction of sp³-hybridized carbons (Fsp3) is 0.556. The van der Waals surface area contributed by atoms with Gasteiger partial charge in [-0.05, 0) is 49.4 Å². The fourth-order valence-electron chi connectivity index (χ4n) is 3.11. The summed E-state index contributed by atoms with van der Waals surface area (Å²) in [7, 11) is -3.84. The van der Waals surface area contributed by atoms with E-state index in [0.717, 1.165) is 12.1 Å². The number of halogens is 1. The molecule has 0 radical (unpaired) electrons. The normalized spacial score (nSPS) is 19.6. The number of piperidine rings is 1. The maximum atomic E-state index is 13.1. The van der Waals surface area contributed by atoms with E-state index in [-0.39, 0.29) is 23.9 Å². The summed E-state index contributed by atoms with van der Waals surface area (Å²) in [4.78, 5) is 23.8. The molecule has 0 aliphatic carbocycles. The zero-order valence-corrected chi connectivity index (χ0v) is 16.2. The number of carboxylic acids is 1. The van der Waals surface area contributed by atoms with Crippen molar-refractivity contribution in [1.29, 1.82) is 0 Å². The second-order valence-electron chi connectivity index (χ2n) is 7.19. The summed E-state index contributed by atoms with van der Waals surface area (Å²) >= 11 is 0. The minimum Gasteiger partial charge on any atom is -0.480 e. The van der Waals surface area contributed by atoms with Gasteiger partial charge in [0.15, 0.2) is 0 Å². The Kier molecular flexibility index (Phi) is 6.94. The lowest BCUT2D eigenvalue weighted by atomic mass is 9.97. The Morgan fingerprint density at radius 1 is 1.30 bits per heavy atom. The lowest BCUT2D eigenvalue weighted by Gasteiger charge is -2.32. The molecule has 2 rings (SSSR count). The minimum atomic E-state index is -3.84. The van der Waals surface area contributed by atoms with Crippen LogP contribution in [-0.4, -0.2) is 48.8 Å². The number of aliphatic carboxylic acids is 1. The van der Waals surface area contributed by atoms with Gasteiger partial charge in [0, 0.05) is 13.1 Å². The molecule has 150 valence electrons. The zero-order chi connectivity index (χ0) is 20.2. The van der Waals surface area contributed by atoms with Crippen LogP contribution in [0.3, 0.4) is 0 Å². The lowest BCUT2D eigenvalue weighted by Crippen LogP contribution is -2.49. The third-order valence-corrected chi connectivity index (χ3v) is 6.41. The summed E-state index contributed by atoms with van der Waals surface area (Å²) in [5, 5.41) is 11.8. The number of rotatable bonds is 7. The van der Waals surface area contributed by atoms with Crippen molar-refractivity contribution in [1.82, 2.24) is 9.62 Å². The van der Waals surface area contributed by atoms with E-state index in [4.69, 9.17) is 0 Å². The Morgan fingerprint density at radius 2 is 1.93 bits per heavy atom. The highest BCUT2D eigenvalue weighted by atomic mass is 32.2. The molecule has 9 heteroatoms. The molecule has 2 atom stereocenters. The number of nitrogens with zero attached hydrogens (tertiary/aromatic N) is 1. The van der Waals surface area contributed by atoms with Crippen LogP contribution in [0.5, 0.6) is 0 Å². The van der Waals surface area contributed by atoms with Crippen molar-refractivity contribution >= 4 is 21.9 Å². The Labute approximate surface area is 158 Å². The first kappa shape index (κ1) is 21.3. The Bertz CT molecular complexity index is 779. The molecule has 1 aromatic rings. The molecule has 0 spiro atoms.